The van der Waals surface area contributed by atoms with E-state index in [2.05, 4.69) is 20.9 Å². The molecule has 6 heteroatoms. The Morgan fingerprint density at radius 3 is 2.76 bits per heavy atom. The number of Topliss-reactive ketones (excluding diaryl/α,β-unsaturated/α-hetero) is 1. The molecule has 5 nitrogen and oxygen atoms in total. The van der Waals surface area contributed by atoms with Crippen molar-refractivity contribution in [2.24, 2.45) is 5.92 Å². The molecule has 0 radical (unpaired) electrons. The fourth-order valence-corrected chi connectivity index (χ4v) is 1.78. The van der Waals surface area contributed by atoms with Crippen molar-refractivity contribution in [1.29, 1.82) is 0 Å². The average Bonchev–Trinajstić information content (AvgIpc) is 2.19. The van der Waals surface area contributed by atoms with Crippen LogP contribution in [-0.4, -0.2) is 15.7 Å². The minimum Gasteiger partial charge on any atom is -0.299 e. The monoisotopic (exact) mass is 300 g/mol. The van der Waals surface area contributed by atoms with Crippen LogP contribution < -0.4 is 0 Å². The van der Waals surface area contributed by atoms with Crippen molar-refractivity contribution < 1.29 is 9.72 Å². The Morgan fingerprint density at radius 1 is 1.59 bits per heavy atom. The molecular weight excluding hydrogens is 288 g/mol. The van der Waals surface area contributed by atoms with Gasteiger partial charge in [0, 0.05) is 23.2 Å². The molecule has 1 aromatic heterocycles. The molecule has 0 aliphatic heterocycles. The summed E-state index contributed by atoms with van der Waals surface area (Å²) in [5, 5.41) is 10.8. The number of pyridine rings is 1. The summed E-state index contributed by atoms with van der Waals surface area (Å²) in [7, 11) is 0. The van der Waals surface area contributed by atoms with Crippen LogP contribution in [0.25, 0.3) is 0 Å². The number of nitro groups is 1. The Morgan fingerprint density at radius 2 is 2.24 bits per heavy atom. The van der Waals surface area contributed by atoms with E-state index >= 15 is 0 Å². The van der Waals surface area contributed by atoms with E-state index in [-0.39, 0.29) is 29.5 Å². The van der Waals surface area contributed by atoms with Gasteiger partial charge < -0.3 is 0 Å². The molecule has 0 saturated carbocycles. The van der Waals surface area contributed by atoms with Gasteiger partial charge in [-0.2, -0.15) is 0 Å². The summed E-state index contributed by atoms with van der Waals surface area (Å²) in [4.78, 5) is 25.8. The SMILES string of the molecule is CC(C)CC(=O)Cc1ncc(Br)cc1[N+](=O)[O-]. The van der Waals surface area contributed by atoms with Crippen molar-refractivity contribution >= 4 is 27.4 Å². The average molecular weight is 301 g/mol. The lowest BCUT2D eigenvalue weighted by molar-refractivity contribution is -0.385. The van der Waals surface area contributed by atoms with E-state index in [0.29, 0.717) is 10.9 Å². The Balaban J connectivity index is 2.91. The summed E-state index contributed by atoms with van der Waals surface area (Å²) in [6.07, 6.45) is 1.89. The first kappa shape index (κ1) is 13.8. The summed E-state index contributed by atoms with van der Waals surface area (Å²) < 4.78 is 0.532. The summed E-state index contributed by atoms with van der Waals surface area (Å²) >= 11 is 3.12. The number of hydrogen-bond acceptors (Lipinski definition) is 4. The fourth-order valence-electron chi connectivity index (χ4n) is 1.47. The van der Waals surface area contributed by atoms with E-state index < -0.39 is 4.92 Å². The highest BCUT2D eigenvalue weighted by molar-refractivity contribution is 9.10. The molecule has 1 heterocycles. The highest BCUT2D eigenvalue weighted by Crippen LogP contribution is 2.22. The Labute approximate surface area is 108 Å². The lowest BCUT2D eigenvalue weighted by Gasteiger charge is -2.04. The zero-order valence-corrected chi connectivity index (χ0v) is 11.2. The number of halogens is 1. The number of carbonyl (C=O) groups is 1. The lowest BCUT2D eigenvalue weighted by atomic mass is 10.0. The number of rotatable bonds is 5. The summed E-state index contributed by atoms with van der Waals surface area (Å²) in [6, 6.07) is 1.37. The molecule has 92 valence electrons. The van der Waals surface area contributed by atoms with Gasteiger partial charge in [0.05, 0.1) is 11.3 Å². The number of hydrogen-bond donors (Lipinski definition) is 0. The number of ketones is 1. The molecule has 17 heavy (non-hydrogen) atoms. The van der Waals surface area contributed by atoms with Crippen molar-refractivity contribution in [2.45, 2.75) is 26.7 Å². The molecule has 1 aromatic rings. The van der Waals surface area contributed by atoms with Gasteiger partial charge in [-0.05, 0) is 21.8 Å². The van der Waals surface area contributed by atoms with Crippen molar-refractivity contribution in [2.75, 3.05) is 0 Å². The molecule has 0 aliphatic carbocycles. The van der Waals surface area contributed by atoms with Crippen molar-refractivity contribution in [3.8, 4) is 0 Å². The second-order valence-corrected chi connectivity index (χ2v) is 5.11. The number of carbonyl (C=O) groups excluding carboxylic acids is 1. The Bertz CT molecular complexity index is 446. The lowest BCUT2D eigenvalue weighted by Crippen LogP contribution is -2.09. The van der Waals surface area contributed by atoms with Gasteiger partial charge in [0.2, 0.25) is 0 Å². The largest absolute Gasteiger partial charge is 0.299 e. The van der Waals surface area contributed by atoms with E-state index in [1.54, 1.807) is 0 Å². The maximum atomic E-state index is 11.6. The fraction of sp³-hybridized carbons (Fsp3) is 0.455. The molecule has 0 bridgehead atoms. The van der Waals surface area contributed by atoms with Crippen LogP contribution in [-0.2, 0) is 11.2 Å². The normalized spacial score (nSPS) is 10.6. The Kier molecular flexibility index (Phi) is 4.74. The third-order valence-corrected chi connectivity index (χ3v) is 2.54. The molecule has 0 unspecified atom stereocenters. The van der Waals surface area contributed by atoms with E-state index in [9.17, 15) is 14.9 Å². The third kappa shape index (κ3) is 4.22. The maximum Gasteiger partial charge on any atom is 0.292 e. The predicted octanol–water partition coefficient (Wildman–Crippen LogP) is 2.91. The summed E-state index contributed by atoms with van der Waals surface area (Å²) in [6.45, 7) is 3.86. The topological polar surface area (TPSA) is 73.1 Å². The number of nitrogens with zero attached hydrogens (tertiary/aromatic N) is 2. The highest BCUT2D eigenvalue weighted by atomic mass is 79.9. The van der Waals surface area contributed by atoms with Crippen LogP contribution in [0, 0.1) is 16.0 Å². The predicted molar refractivity (Wildman–Crippen MR) is 66.8 cm³/mol. The van der Waals surface area contributed by atoms with Crippen molar-refractivity contribution in [1.82, 2.24) is 4.98 Å². The smallest absolute Gasteiger partial charge is 0.292 e. The molecule has 0 aromatic carbocycles. The van der Waals surface area contributed by atoms with Crippen LogP contribution in [0.5, 0.6) is 0 Å². The van der Waals surface area contributed by atoms with Crippen LogP contribution in [0.15, 0.2) is 16.7 Å². The van der Waals surface area contributed by atoms with Gasteiger partial charge >= 0.3 is 0 Å². The van der Waals surface area contributed by atoms with Gasteiger partial charge in [-0.1, -0.05) is 13.8 Å². The van der Waals surface area contributed by atoms with Gasteiger partial charge in [0.1, 0.15) is 11.5 Å². The summed E-state index contributed by atoms with van der Waals surface area (Å²) in [5.74, 6) is 0.218. The van der Waals surface area contributed by atoms with Crippen LogP contribution in [0.3, 0.4) is 0 Å². The van der Waals surface area contributed by atoms with Crippen LogP contribution in [0.1, 0.15) is 26.0 Å². The van der Waals surface area contributed by atoms with Gasteiger partial charge in [-0.3, -0.25) is 19.9 Å². The molecule has 1 rings (SSSR count). The van der Waals surface area contributed by atoms with Crippen molar-refractivity contribution in [3.05, 3.63) is 32.5 Å². The zero-order valence-electron chi connectivity index (χ0n) is 9.64. The first-order valence-corrected chi connectivity index (χ1v) is 6.00. The standard InChI is InChI=1S/C11H13BrN2O3/c1-7(2)3-9(15)5-10-11(14(16)17)4-8(12)6-13-10/h4,6-7H,3,5H2,1-2H3. The first-order valence-electron chi connectivity index (χ1n) is 5.20. The molecule has 0 N–H and O–H groups in total. The molecular formula is C11H13BrN2O3. The van der Waals surface area contributed by atoms with Crippen LogP contribution in [0.2, 0.25) is 0 Å². The summed E-state index contributed by atoms with van der Waals surface area (Å²) in [5.41, 5.74) is 0.111. The second-order valence-electron chi connectivity index (χ2n) is 4.19. The van der Waals surface area contributed by atoms with E-state index in [1.165, 1.54) is 12.3 Å². The van der Waals surface area contributed by atoms with E-state index in [4.69, 9.17) is 0 Å². The second kappa shape index (κ2) is 5.86. The van der Waals surface area contributed by atoms with Crippen molar-refractivity contribution in [3.63, 3.8) is 0 Å². The maximum absolute atomic E-state index is 11.6. The minimum atomic E-state index is -0.518. The molecule has 0 spiro atoms. The van der Waals surface area contributed by atoms with E-state index in [0.717, 1.165) is 0 Å². The number of aromatic nitrogens is 1. The van der Waals surface area contributed by atoms with Crippen LogP contribution in [0.4, 0.5) is 5.69 Å². The van der Waals surface area contributed by atoms with Gasteiger partial charge in [-0.15, -0.1) is 0 Å². The molecule has 0 aliphatic rings. The molecule has 0 atom stereocenters. The van der Waals surface area contributed by atoms with Gasteiger partial charge in [0.25, 0.3) is 5.69 Å². The first-order chi connectivity index (χ1) is 7.90. The van der Waals surface area contributed by atoms with Gasteiger partial charge in [0.15, 0.2) is 0 Å². The molecule has 0 amide bonds. The third-order valence-electron chi connectivity index (χ3n) is 2.11. The zero-order chi connectivity index (χ0) is 13.0. The molecule has 0 saturated heterocycles. The minimum absolute atomic E-state index is 0.0156. The molecule has 0 fully saturated rings. The van der Waals surface area contributed by atoms with E-state index in [1.807, 2.05) is 13.8 Å². The quantitative estimate of drug-likeness (QED) is 0.619. The Hall–Kier alpha value is -1.30. The van der Waals surface area contributed by atoms with Crippen LogP contribution >= 0.6 is 15.9 Å². The van der Waals surface area contributed by atoms with Gasteiger partial charge in [-0.25, -0.2) is 0 Å². The highest BCUT2D eigenvalue weighted by Gasteiger charge is 2.18.